The van der Waals surface area contributed by atoms with Crippen molar-refractivity contribution in [1.82, 2.24) is 10.6 Å². The zero-order valence-corrected chi connectivity index (χ0v) is 8.11. The van der Waals surface area contributed by atoms with Crippen LogP contribution >= 0.6 is 0 Å². The number of nitrogens with one attached hydrogen (secondary N) is 2. The van der Waals surface area contributed by atoms with Gasteiger partial charge in [0, 0.05) is 0 Å². The number of rotatable bonds is 7. The molecule has 1 atom stereocenters. The summed E-state index contributed by atoms with van der Waals surface area (Å²) in [4.78, 5) is 0. The van der Waals surface area contributed by atoms with Crippen LogP contribution in [0.3, 0.4) is 0 Å². The van der Waals surface area contributed by atoms with E-state index < -0.39 is 0 Å². The van der Waals surface area contributed by atoms with Gasteiger partial charge in [0.15, 0.2) is 0 Å². The highest BCUT2D eigenvalue weighted by Gasteiger charge is 1.98. The van der Waals surface area contributed by atoms with Crippen LogP contribution in [0.4, 0.5) is 0 Å². The molecule has 11 heavy (non-hydrogen) atoms. The largest absolute Gasteiger partial charge is 0.317 e. The molecule has 68 valence electrons. The maximum atomic E-state index is 3.40. The van der Waals surface area contributed by atoms with Gasteiger partial charge in [-0.15, -0.1) is 0 Å². The summed E-state index contributed by atoms with van der Waals surface area (Å²) in [6.07, 6.45) is 1.23. The van der Waals surface area contributed by atoms with E-state index in [0.717, 1.165) is 32.1 Å². The van der Waals surface area contributed by atoms with Crippen LogP contribution in [0.25, 0.3) is 0 Å². The number of hydrogen-bond acceptors (Lipinski definition) is 2. The molecule has 2 N–H and O–H groups in total. The first-order chi connectivity index (χ1) is 5.31. The molecule has 2 nitrogen and oxygen atoms in total. The molecule has 0 rings (SSSR count). The van der Waals surface area contributed by atoms with Crippen molar-refractivity contribution in [3.05, 3.63) is 0 Å². The molecule has 0 aliphatic rings. The van der Waals surface area contributed by atoms with Crippen LogP contribution in [-0.2, 0) is 0 Å². The molecule has 0 spiro atoms. The lowest BCUT2D eigenvalue weighted by Gasteiger charge is -2.11. The average molecular weight is 158 g/mol. The van der Waals surface area contributed by atoms with Gasteiger partial charge in [0.2, 0.25) is 0 Å². The van der Waals surface area contributed by atoms with Crippen LogP contribution < -0.4 is 10.6 Å². The molecule has 1 unspecified atom stereocenters. The highest BCUT2D eigenvalue weighted by atomic mass is 14.9. The summed E-state index contributed by atoms with van der Waals surface area (Å²) in [5, 5.41) is 6.74. The highest BCUT2D eigenvalue weighted by molar-refractivity contribution is 4.58. The summed E-state index contributed by atoms with van der Waals surface area (Å²) in [6.45, 7) is 11.1. The lowest BCUT2D eigenvalue weighted by molar-refractivity contribution is 0.479. The van der Waals surface area contributed by atoms with Crippen LogP contribution in [0.15, 0.2) is 0 Å². The van der Waals surface area contributed by atoms with Crippen molar-refractivity contribution in [3.8, 4) is 0 Å². The molecule has 0 aromatic heterocycles. The molecule has 0 radical (unpaired) electrons. The molecule has 0 bridgehead atoms. The minimum absolute atomic E-state index is 0.751. The Labute approximate surface area is 70.8 Å². The van der Waals surface area contributed by atoms with E-state index >= 15 is 0 Å². The van der Waals surface area contributed by atoms with Gasteiger partial charge in [-0.25, -0.2) is 0 Å². The minimum Gasteiger partial charge on any atom is -0.317 e. The van der Waals surface area contributed by atoms with Gasteiger partial charge >= 0.3 is 0 Å². The second-order valence-electron chi connectivity index (χ2n) is 3.12. The van der Waals surface area contributed by atoms with Crippen molar-refractivity contribution >= 4 is 0 Å². The normalized spacial score (nSPS) is 13.4. The van der Waals surface area contributed by atoms with Crippen molar-refractivity contribution in [2.75, 3.05) is 26.2 Å². The number of hydrogen-bond donors (Lipinski definition) is 2. The first-order valence-corrected chi connectivity index (χ1v) is 4.72. The summed E-state index contributed by atoms with van der Waals surface area (Å²) in [5.41, 5.74) is 0. The molecule has 0 aliphatic heterocycles. The standard InChI is InChI=1S/C9H22N2/c1-4-6-11-8-9(3)7-10-5-2/h9-11H,4-8H2,1-3H3. The highest BCUT2D eigenvalue weighted by Crippen LogP contribution is 1.88. The van der Waals surface area contributed by atoms with E-state index in [-0.39, 0.29) is 0 Å². The van der Waals surface area contributed by atoms with E-state index in [0.29, 0.717) is 0 Å². The molecule has 0 aromatic carbocycles. The molecule has 0 saturated carbocycles. The summed E-state index contributed by atoms with van der Waals surface area (Å²) < 4.78 is 0. The van der Waals surface area contributed by atoms with E-state index in [2.05, 4.69) is 31.4 Å². The maximum Gasteiger partial charge on any atom is -0.00110 e. The first-order valence-electron chi connectivity index (χ1n) is 4.72. The third kappa shape index (κ3) is 7.82. The van der Waals surface area contributed by atoms with Gasteiger partial charge in [-0.05, 0) is 38.5 Å². The van der Waals surface area contributed by atoms with Crippen LogP contribution in [0.1, 0.15) is 27.2 Å². The third-order valence-electron chi connectivity index (χ3n) is 1.66. The molecule has 0 aromatic rings. The second-order valence-corrected chi connectivity index (χ2v) is 3.12. The quantitative estimate of drug-likeness (QED) is 0.545. The molecule has 0 saturated heterocycles. The minimum atomic E-state index is 0.751. The topological polar surface area (TPSA) is 24.1 Å². The Morgan fingerprint density at radius 3 is 2.27 bits per heavy atom. The fourth-order valence-corrected chi connectivity index (χ4v) is 0.988. The Hall–Kier alpha value is -0.0800. The SMILES string of the molecule is CCCNCC(C)CNCC. The fraction of sp³-hybridized carbons (Fsp3) is 1.00. The Morgan fingerprint density at radius 2 is 1.73 bits per heavy atom. The average Bonchev–Trinajstić information content (AvgIpc) is 2.01. The predicted molar refractivity (Wildman–Crippen MR) is 50.9 cm³/mol. The summed E-state index contributed by atoms with van der Waals surface area (Å²) in [6, 6.07) is 0. The van der Waals surface area contributed by atoms with Crippen molar-refractivity contribution in [2.45, 2.75) is 27.2 Å². The molecule has 2 heteroatoms. The predicted octanol–water partition coefficient (Wildman–Crippen LogP) is 1.23. The monoisotopic (exact) mass is 158 g/mol. The van der Waals surface area contributed by atoms with Crippen LogP contribution in [0.5, 0.6) is 0 Å². The van der Waals surface area contributed by atoms with Gasteiger partial charge in [0.1, 0.15) is 0 Å². The van der Waals surface area contributed by atoms with Crippen LogP contribution in [-0.4, -0.2) is 26.2 Å². The van der Waals surface area contributed by atoms with Gasteiger partial charge in [-0.1, -0.05) is 20.8 Å². The lowest BCUT2D eigenvalue weighted by Crippen LogP contribution is -2.29. The molecule has 0 heterocycles. The molecular weight excluding hydrogens is 136 g/mol. The van der Waals surface area contributed by atoms with Crippen LogP contribution in [0, 0.1) is 5.92 Å². The summed E-state index contributed by atoms with van der Waals surface area (Å²) in [5.74, 6) is 0.751. The van der Waals surface area contributed by atoms with E-state index in [9.17, 15) is 0 Å². The second kappa shape index (κ2) is 8.02. The van der Waals surface area contributed by atoms with Crippen molar-refractivity contribution in [2.24, 2.45) is 5.92 Å². The van der Waals surface area contributed by atoms with Gasteiger partial charge in [-0.2, -0.15) is 0 Å². The Balaban J connectivity index is 3.02. The van der Waals surface area contributed by atoms with Gasteiger partial charge in [-0.3, -0.25) is 0 Å². The zero-order chi connectivity index (χ0) is 8.53. The third-order valence-corrected chi connectivity index (χ3v) is 1.66. The van der Waals surface area contributed by atoms with Crippen molar-refractivity contribution in [3.63, 3.8) is 0 Å². The summed E-state index contributed by atoms with van der Waals surface area (Å²) in [7, 11) is 0. The van der Waals surface area contributed by atoms with Crippen LogP contribution in [0.2, 0.25) is 0 Å². The van der Waals surface area contributed by atoms with Gasteiger partial charge in [0.05, 0.1) is 0 Å². The molecule has 0 aliphatic carbocycles. The lowest BCUT2D eigenvalue weighted by atomic mass is 10.2. The molecular formula is C9H22N2. The molecule has 0 fully saturated rings. The first kappa shape index (κ1) is 10.9. The van der Waals surface area contributed by atoms with E-state index in [1.165, 1.54) is 6.42 Å². The maximum absolute atomic E-state index is 3.40. The smallest absolute Gasteiger partial charge is 0.00110 e. The van der Waals surface area contributed by atoms with Gasteiger partial charge < -0.3 is 10.6 Å². The molecule has 0 amide bonds. The Kier molecular flexibility index (Phi) is 7.96. The van der Waals surface area contributed by atoms with Gasteiger partial charge in [0.25, 0.3) is 0 Å². The van der Waals surface area contributed by atoms with E-state index in [1.807, 2.05) is 0 Å². The Bertz CT molecular complexity index is 74.0. The van der Waals surface area contributed by atoms with E-state index in [1.54, 1.807) is 0 Å². The van der Waals surface area contributed by atoms with Crippen molar-refractivity contribution < 1.29 is 0 Å². The zero-order valence-electron chi connectivity index (χ0n) is 8.11. The Morgan fingerprint density at radius 1 is 1.09 bits per heavy atom. The summed E-state index contributed by atoms with van der Waals surface area (Å²) >= 11 is 0. The van der Waals surface area contributed by atoms with E-state index in [4.69, 9.17) is 0 Å². The fourth-order valence-electron chi connectivity index (χ4n) is 0.988. The van der Waals surface area contributed by atoms with Crippen molar-refractivity contribution in [1.29, 1.82) is 0 Å².